The summed E-state index contributed by atoms with van der Waals surface area (Å²) in [6.07, 6.45) is 0.322. The highest BCUT2D eigenvalue weighted by Gasteiger charge is 2.09. The van der Waals surface area contributed by atoms with Crippen LogP contribution in [0.4, 0.5) is 0 Å². The van der Waals surface area contributed by atoms with E-state index in [-0.39, 0.29) is 25.4 Å². The number of hydrogen-bond acceptors (Lipinski definition) is 8. The molecule has 0 fully saturated rings. The fourth-order valence-electron chi connectivity index (χ4n) is 1.25. The van der Waals surface area contributed by atoms with Crippen LogP contribution in [0.5, 0.6) is 0 Å². The van der Waals surface area contributed by atoms with Gasteiger partial charge in [0.15, 0.2) is 0 Å². The van der Waals surface area contributed by atoms with Gasteiger partial charge in [0.1, 0.15) is 6.61 Å². The van der Waals surface area contributed by atoms with Crippen molar-refractivity contribution in [1.82, 2.24) is 0 Å². The van der Waals surface area contributed by atoms with Crippen LogP contribution in [-0.4, -0.2) is 80.1 Å². The molecule has 0 radical (unpaired) electrons. The second-order valence-electron chi connectivity index (χ2n) is 4.97. The number of esters is 1. The number of aliphatic hydroxyl groups is 1. The largest absolute Gasteiger partial charge is 0.483 e. The van der Waals surface area contributed by atoms with Gasteiger partial charge in [-0.05, 0) is 20.8 Å². The zero-order valence-electron chi connectivity index (χ0n) is 15.5. The lowest BCUT2D eigenvalue weighted by Gasteiger charge is -2.18. The molecular weight excluding hydrogens is 336 g/mol. The van der Waals surface area contributed by atoms with E-state index < -0.39 is 21.6 Å². The van der Waals surface area contributed by atoms with E-state index in [1.54, 1.807) is 35.2 Å². The Labute approximate surface area is 146 Å². The van der Waals surface area contributed by atoms with E-state index in [1.807, 2.05) is 6.92 Å². The molecule has 24 heavy (non-hydrogen) atoms. The Morgan fingerprint density at radius 2 is 1.46 bits per heavy atom. The molecule has 0 aromatic carbocycles. The number of carbonyl (C=O) groups excluding carboxylic acids is 1. The van der Waals surface area contributed by atoms with E-state index in [0.29, 0.717) is 6.61 Å². The molecule has 3 unspecified atom stereocenters. The molecule has 0 bridgehead atoms. The van der Waals surface area contributed by atoms with Crippen LogP contribution in [0.3, 0.4) is 0 Å². The predicted molar refractivity (Wildman–Crippen MR) is 91.8 cm³/mol. The fourth-order valence-corrected chi connectivity index (χ4v) is 1.82. The third kappa shape index (κ3) is 17.5. The standard InChI is InChI=1S/C12H22O5.C3H10O3Si/c1-5-12(14)17-8-11(4)16-7-10(3)15-6-9(2)13;1-4-7(5-2)6-3/h5,9-11,13H,1,6-8H2,2-4H3;7H,1-3H3. The number of rotatable bonds is 12. The maximum atomic E-state index is 10.8. The minimum atomic E-state index is -1.67. The molecule has 0 aromatic rings. The molecule has 3 atom stereocenters. The van der Waals surface area contributed by atoms with Crippen LogP contribution in [-0.2, 0) is 32.3 Å². The molecule has 0 aliphatic heterocycles. The molecule has 0 aromatic heterocycles. The van der Waals surface area contributed by atoms with Crippen LogP contribution in [0.15, 0.2) is 12.7 Å². The van der Waals surface area contributed by atoms with Gasteiger partial charge in [-0.2, -0.15) is 0 Å². The first-order valence-corrected chi connectivity index (χ1v) is 9.00. The van der Waals surface area contributed by atoms with Crippen molar-refractivity contribution in [1.29, 1.82) is 0 Å². The smallest absolute Gasteiger partial charge is 0.460 e. The van der Waals surface area contributed by atoms with Gasteiger partial charge in [-0.25, -0.2) is 4.79 Å². The van der Waals surface area contributed by atoms with E-state index in [9.17, 15) is 4.79 Å². The average Bonchev–Trinajstić information content (AvgIpc) is 2.57. The summed E-state index contributed by atoms with van der Waals surface area (Å²) in [5.41, 5.74) is 0. The second-order valence-corrected chi connectivity index (χ2v) is 6.96. The molecule has 0 spiro atoms. The van der Waals surface area contributed by atoms with Crippen molar-refractivity contribution in [2.24, 2.45) is 0 Å². The van der Waals surface area contributed by atoms with Crippen LogP contribution in [0.2, 0.25) is 0 Å². The topological polar surface area (TPSA) is 92.7 Å². The molecule has 9 heteroatoms. The summed E-state index contributed by atoms with van der Waals surface area (Å²) in [4.78, 5) is 10.8. The lowest BCUT2D eigenvalue weighted by Crippen LogP contribution is -2.26. The van der Waals surface area contributed by atoms with Crippen molar-refractivity contribution >= 4 is 15.5 Å². The van der Waals surface area contributed by atoms with E-state index in [4.69, 9.17) is 32.6 Å². The van der Waals surface area contributed by atoms with Crippen molar-refractivity contribution in [2.45, 2.75) is 39.1 Å². The number of carbonyl (C=O) groups is 1. The Morgan fingerprint density at radius 3 is 1.83 bits per heavy atom. The Kier molecular flexibility index (Phi) is 18.0. The van der Waals surface area contributed by atoms with Crippen molar-refractivity contribution in [2.75, 3.05) is 41.2 Å². The monoisotopic (exact) mass is 368 g/mol. The van der Waals surface area contributed by atoms with Crippen LogP contribution in [0, 0.1) is 0 Å². The molecular formula is C15H32O8Si. The van der Waals surface area contributed by atoms with Gasteiger partial charge in [0.05, 0.1) is 31.5 Å². The normalized spacial score (nSPS) is 14.3. The van der Waals surface area contributed by atoms with E-state index in [2.05, 4.69) is 6.58 Å². The molecule has 0 heterocycles. The Morgan fingerprint density at radius 1 is 1.00 bits per heavy atom. The van der Waals surface area contributed by atoms with Crippen LogP contribution in [0.25, 0.3) is 0 Å². The lowest BCUT2D eigenvalue weighted by atomic mass is 10.4. The van der Waals surface area contributed by atoms with E-state index in [0.717, 1.165) is 6.08 Å². The maximum absolute atomic E-state index is 10.8. The molecule has 1 N–H and O–H groups in total. The van der Waals surface area contributed by atoms with Gasteiger partial charge in [-0.3, -0.25) is 0 Å². The molecule has 0 saturated carbocycles. The van der Waals surface area contributed by atoms with Crippen molar-refractivity contribution in [3.05, 3.63) is 12.7 Å². The highest BCUT2D eigenvalue weighted by atomic mass is 28.3. The van der Waals surface area contributed by atoms with Crippen molar-refractivity contribution in [3.63, 3.8) is 0 Å². The summed E-state index contributed by atoms with van der Waals surface area (Å²) in [6.45, 7) is 9.47. The summed E-state index contributed by atoms with van der Waals surface area (Å²) >= 11 is 0. The van der Waals surface area contributed by atoms with Gasteiger partial charge in [0.2, 0.25) is 0 Å². The number of ether oxygens (including phenoxy) is 3. The van der Waals surface area contributed by atoms with Crippen molar-refractivity contribution in [3.8, 4) is 0 Å². The average molecular weight is 368 g/mol. The fraction of sp³-hybridized carbons (Fsp3) is 0.800. The van der Waals surface area contributed by atoms with Gasteiger partial charge < -0.3 is 32.6 Å². The van der Waals surface area contributed by atoms with Crippen LogP contribution < -0.4 is 0 Å². The maximum Gasteiger partial charge on any atom is 0.483 e. The molecule has 144 valence electrons. The first-order valence-electron chi connectivity index (χ1n) is 7.59. The minimum absolute atomic E-state index is 0.109. The van der Waals surface area contributed by atoms with Crippen molar-refractivity contribution < 1.29 is 37.4 Å². The van der Waals surface area contributed by atoms with Crippen LogP contribution >= 0.6 is 0 Å². The molecule has 0 aliphatic rings. The molecule has 8 nitrogen and oxygen atoms in total. The molecule has 0 aliphatic carbocycles. The number of hydrogen-bond donors (Lipinski definition) is 1. The zero-order valence-corrected chi connectivity index (χ0v) is 16.7. The highest BCUT2D eigenvalue weighted by Crippen LogP contribution is 1.99. The second kappa shape index (κ2) is 17.0. The summed E-state index contributed by atoms with van der Waals surface area (Å²) in [5.74, 6) is -0.459. The first-order chi connectivity index (χ1) is 11.3. The first kappa shape index (κ1) is 25.4. The van der Waals surface area contributed by atoms with E-state index in [1.165, 1.54) is 0 Å². The van der Waals surface area contributed by atoms with Gasteiger partial charge >= 0.3 is 15.5 Å². The highest BCUT2D eigenvalue weighted by molar-refractivity contribution is 6.36. The van der Waals surface area contributed by atoms with Gasteiger partial charge in [0.25, 0.3) is 0 Å². The Hall–Kier alpha value is -0.813. The van der Waals surface area contributed by atoms with E-state index >= 15 is 0 Å². The lowest BCUT2D eigenvalue weighted by molar-refractivity contribution is -0.142. The molecule has 0 rings (SSSR count). The summed E-state index contributed by atoms with van der Waals surface area (Å²) < 4.78 is 29.8. The SMILES string of the molecule is C=CC(=O)OCC(C)OCC(C)OCC(C)O.CO[SiH](OC)OC. The summed E-state index contributed by atoms with van der Waals surface area (Å²) in [7, 11) is 3.05. The molecule has 0 amide bonds. The summed E-state index contributed by atoms with van der Waals surface area (Å²) in [6, 6.07) is 0. The quantitative estimate of drug-likeness (QED) is 0.303. The Balaban J connectivity index is 0. The van der Waals surface area contributed by atoms with Gasteiger partial charge in [-0.1, -0.05) is 6.58 Å². The third-order valence-electron chi connectivity index (χ3n) is 2.44. The zero-order chi connectivity index (χ0) is 19.0. The Bertz CT molecular complexity index is 304. The molecule has 0 saturated heterocycles. The van der Waals surface area contributed by atoms with Gasteiger partial charge in [0, 0.05) is 27.4 Å². The summed E-state index contributed by atoms with van der Waals surface area (Å²) in [5, 5.41) is 9.02. The predicted octanol–water partition coefficient (Wildman–Crippen LogP) is 0.549. The van der Waals surface area contributed by atoms with Gasteiger partial charge in [-0.15, -0.1) is 0 Å². The third-order valence-corrected chi connectivity index (χ3v) is 3.60. The van der Waals surface area contributed by atoms with Crippen LogP contribution in [0.1, 0.15) is 20.8 Å². The number of aliphatic hydroxyl groups excluding tert-OH is 1. The minimum Gasteiger partial charge on any atom is -0.460 e.